The Kier molecular flexibility index (Phi) is 4.65. The summed E-state index contributed by atoms with van der Waals surface area (Å²) < 4.78 is 5.75. The molecule has 0 spiro atoms. The lowest BCUT2D eigenvalue weighted by Gasteiger charge is -2.34. The minimum absolute atomic E-state index is 0.286. The van der Waals surface area contributed by atoms with Crippen molar-refractivity contribution in [2.75, 3.05) is 6.61 Å². The predicted molar refractivity (Wildman–Crippen MR) is 76.0 cm³/mol. The molecule has 0 saturated heterocycles. The lowest BCUT2D eigenvalue weighted by Crippen LogP contribution is -2.34. The maximum Gasteiger partial charge on any atom is 0.122 e. The molecular formula is C16H25NO. The minimum atomic E-state index is 0.286. The van der Waals surface area contributed by atoms with Gasteiger partial charge in [-0.2, -0.15) is 0 Å². The van der Waals surface area contributed by atoms with Crippen LogP contribution in [0.1, 0.15) is 51.0 Å². The van der Waals surface area contributed by atoms with E-state index in [1.165, 1.54) is 24.8 Å². The second kappa shape index (κ2) is 6.24. The average molecular weight is 247 g/mol. The molecule has 1 aliphatic carbocycles. The molecule has 1 fully saturated rings. The van der Waals surface area contributed by atoms with Gasteiger partial charge in [-0.15, -0.1) is 0 Å². The van der Waals surface area contributed by atoms with Gasteiger partial charge in [0.15, 0.2) is 0 Å². The maximum absolute atomic E-state index is 6.34. The molecule has 3 atom stereocenters. The summed E-state index contributed by atoms with van der Waals surface area (Å²) in [6, 6.07) is 8.68. The Labute approximate surface area is 111 Å². The van der Waals surface area contributed by atoms with Crippen molar-refractivity contribution < 1.29 is 4.74 Å². The van der Waals surface area contributed by atoms with Crippen molar-refractivity contribution in [1.29, 1.82) is 0 Å². The van der Waals surface area contributed by atoms with E-state index in [1.807, 2.05) is 13.0 Å². The van der Waals surface area contributed by atoms with Crippen LogP contribution in [0.3, 0.4) is 0 Å². The summed E-state index contributed by atoms with van der Waals surface area (Å²) in [5, 5.41) is 0. The number of rotatable bonds is 4. The van der Waals surface area contributed by atoms with Crippen molar-refractivity contribution in [1.82, 2.24) is 0 Å². The van der Waals surface area contributed by atoms with Gasteiger partial charge in [0, 0.05) is 12.0 Å². The highest BCUT2D eigenvalue weighted by Crippen LogP contribution is 2.40. The summed E-state index contributed by atoms with van der Waals surface area (Å²) in [5.74, 6) is 2.31. The fourth-order valence-electron chi connectivity index (χ4n) is 3.08. The van der Waals surface area contributed by atoms with E-state index in [0.717, 1.165) is 24.7 Å². The zero-order valence-corrected chi connectivity index (χ0v) is 11.6. The molecule has 1 saturated carbocycles. The molecule has 0 heterocycles. The van der Waals surface area contributed by atoms with Crippen LogP contribution in [0.5, 0.6) is 5.75 Å². The Bertz CT molecular complexity index is 377. The molecule has 3 unspecified atom stereocenters. The Morgan fingerprint density at radius 2 is 2.00 bits per heavy atom. The van der Waals surface area contributed by atoms with Crippen LogP contribution >= 0.6 is 0 Å². The molecule has 0 amide bonds. The molecule has 0 radical (unpaired) electrons. The van der Waals surface area contributed by atoms with Gasteiger partial charge in [0.2, 0.25) is 0 Å². The Hall–Kier alpha value is -1.02. The molecule has 0 aromatic heterocycles. The smallest absolute Gasteiger partial charge is 0.122 e. The number of benzene rings is 1. The van der Waals surface area contributed by atoms with Crippen LogP contribution in [0.2, 0.25) is 0 Å². The third kappa shape index (κ3) is 2.86. The second-order valence-corrected chi connectivity index (χ2v) is 5.33. The summed E-state index contributed by atoms with van der Waals surface area (Å²) in [4.78, 5) is 0. The number of hydrogen-bond donors (Lipinski definition) is 1. The van der Waals surface area contributed by atoms with Crippen molar-refractivity contribution >= 4 is 0 Å². The fourth-order valence-corrected chi connectivity index (χ4v) is 3.08. The van der Waals surface area contributed by atoms with E-state index in [9.17, 15) is 0 Å². The van der Waals surface area contributed by atoms with E-state index in [0.29, 0.717) is 5.92 Å². The minimum Gasteiger partial charge on any atom is -0.494 e. The van der Waals surface area contributed by atoms with E-state index in [4.69, 9.17) is 10.5 Å². The Morgan fingerprint density at radius 3 is 2.72 bits per heavy atom. The molecule has 2 rings (SSSR count). The first kappa shape index (κ1) is 13.4. The van der Waals surface area contributed by atoms with Gasteiger partial charge >= 0.3 is 0 Å². The van der Waals surface area contributed by atoms with Gasteiger partial charge in [-0.3, -0.25) is 0 Å². The van der Waals surface area contributed by atoms with E-state index in [-0.39, 0.29) is 6.04 Å². The molecule has 1 aromatic rings. The average Bonchev–Trinajstić information content (AvgIpc) is 2.41. The van der Waals surface area contributed by atoms with Gasteiger partial charge in [-0.05, 0) is 43.7 Å². The molecule has 2 N–H and O–H groups in total. The lowest BCUT2D eigenvalue weighted by molar-refractivity contribution is 0.271. The highest BCUT2D eigenvalue weighted by molar-refractivity contribution is 5.37. The van der Waals surface area contributed by atoms with Crippen molar-refractivity contribution in [3.8, 4) is 5.75 Å². The highest BCUT2D eigenvalue weighted by Gasteiger charge is 2.30. The molecule has 2 nitrogen and oxygen atoms in total. The number of nitrogens with two attached hydrogens (primary N) is 1. The van der Waals surface area contributed by atoms with Crippen LogP contribution in [0, 0.1) is 5.92 Å². The zero-order chi connectivity index (χ0) is 13.0. The van der Waals surface area contributed by atoms with Crippen LogP contribution in [0.4, 0.5) is 0 Å². The van der Waals surface area contributed by atoms with Gasteiger partial charge in [-0.1, -0.05) is 31.5 Å². The first-order valence-corrected chi connectivity index (χ1v) is 7.23. The van der Waals surface area contributed by atoms with Gasteiger partial charge in [0.1, 0.15) is 5.75 Å². The second-order valence-electron chi connectivity index (χ2n) is 5.33. The topological polar surface area (TPSA) is 35.2 Å². The van der Waals surface area contributed by atoms with Gasteiger partial charge in [0.25, 0.3) is 0 Å². The molecule has 2 heteroatoms. The van der Waals surface area contributed by atoms with E-state index >= 15 is 0 Å². The summed E-state index contributed by atoms with van der Waals surface area (Å²) in [5.41, 5.74) is 7.65. The predicted octanol–water partition coefficient (Wildman–Crippen LogP) is 3.71. The molecule has 100 valence electrons. The van der Waals surface area contributed by atoms with Crippen LogP contribution < -0.4 is 10.5 Å². The summed E-state index contributed by atoms with van der Waals surface area (Å²) in [6.45, 7) is 5.04. The third-order valence-electron chi connectivity index (χ3n) is 4.21. The highest BCUT2D eigenvalue weighted by atomic mass is 16.5. The van der Waals surface area contributed by atoms with Crippen molar-refractivity contribution in [2.45, 2.75) is 51.5 Å². The van der Waals surface area contributed by atoms with E-state index in [1.54, 1.807) is 0 Å². The van der Waals surface area contributed by atoms with Crippen molar-refractivity contribution in [3.05, 3.63) is 29.8 Å². The van der Waals surface area contributed by atoms with Gasteiger partial charge < -0.3 is 10.5 Å². The van der Waals surface area contributed by atoms with Crippen LogP contribution in [0.25, 0.3) is 0 Å². The molecule has 0 aliphatic heterocycles. The summed E-state index contributed by atoms with van der Waals surface area (Å²) in [7, 11) is 0. The lowest BCUT2D eigenvalue weighted by atomic mass is 9.74. The molecular weight excluding hydrogens is 222 g/mol. The Balaban J connectivity index is 2.22. The number of hydrogen-bond acceptors (Lipinski definition) is 2. The van der Waals surface area contributed by atoms with Crippen molar-refractivity contribution in [2.24, 2.45) is 11.7 Å². The summed E-state index contributed by atoms with van der Waals surface area (Å²) in [6.07, 6.45) is 4.90. The van der Waals surface area contributed by atoms with Gasteiger partial charge in [-0.25, -0.2) is 0 Å². The quantitative estimate of drug-likeness (QED) is 0.880. The number of ether oxygens (including phenoxy) is 1. The molecule has 1 aliphatic rings. The van der Waals surface area contributed by atoms with Crippen molar-refractivity contribution in [3.63, 3.8) is 0 Å². The zero-order valence-electron chi connectivity index (χ0n) is 11.6. The monoisotopic (exact) mass is 247 g/mol. The molecule has 18 heavy (non-hydrogen) atoms. The Morgan fingerprint density at radius 1 is 1.22 bits per heavy atom. The van der Waals surface area contributed by atoms with E-state index in [2.05, 4.69) is 25.1 Å². The van der Waals surface area contributed by atoms with Gasteiger partial charge in [0.05, 0.1) is 6.61 Å². The SMILES string of the molecule is CCOc1ccccc1C1CC(CC)CCC1N. The third-order valence-corrected chi connectivity index (χ3v) is 4.21. The fraction of sp³-hybridized carbons (Fsp3) is 0.625. The molecule has 1 aromatic carbocycles. The normalized spacial score (nSPS) is 28.1. The maximum atomic E-state index is 6.34. The van der Waals surface area contributed by atoms with Crippen LogP contribution in [-0.4, -0.2) is 12.6 Å². The van der Waals surface area contributed by atoms with Crippen LogP contribution in [0.15, 0.2) is 24.3 Å². The first-order valence-electron chi connectivity index (χ1n) is 7.23. The standard InChI is InChI=1S/C16H25NO/c1-3-12-9-10-15(17)14(11-12)13-7-5-6-8-16(13)18-4-2/h5-8,12,14-15H,3-4,9-11,17H2,1-2H3. The number of para-hydroxylation sites is 1. The first-order chi connectivity index (χ1) is 8.76. The summed E-state index contributed by atoms with van der Waals surface area (Å²) >= 11 is 0. The van der Waals surface area contributed by atoms with Crippen LogP contribution in [-0.2, 0) is 0 Å². The molecule has 0 bridgehead atoms. The van der Waals surface area contributed by atoms with E-state index < -0.39 is 0 Å². The largest absolute Gasteiger partial charge is 0.494 e.